The number of amides is 1. The summed E-state index contributed by atoms with van der Waals surface area (Å²) >= 11 is 0. The standard InChI is InChI=1S/C22H34N7O4P.CH4O/c1-14(2)29(15(3)4)34(31-10-9-23-7)33-18-11-19(32-16(18)5)28-13-26-20-21(27(8)17(6)30)24-12-25-22(20)28;1-2/h12-16,18-19H,9-11H2,1-6,8H3;2H,1H3/t16-,18?,19-,34?;/m1./s1/i5D;2T. The average molecular weight is 527 g/mol. The lowest BCUT2D eigenvalue weighted by Crippen LogP contribution is -2.35. The molecule has 3 heterocycles. The van der Waals surface area contributed by atoms with Crippen LogP contribution in [0.1, 0.15) is 55.5 Å². The van der Waals surface area contributed by atoms with Gasteiger partial charge in [0, 0.05) is 41.0 Å². The first-order valence-electron chi connectivity index (χ1n) is 12.8. The van der Waals surface area contributed by atoms with Gasteiger partial charge in [0.2, 0.25) is 13.9 Å². The van der Waals surface area contributed by atoms with Crippen LogP contribution in [0.25, 0.3) is 16.0 Å². The van der Waals surface area contributed by atoms with Gasteiger partial charge in [0.1, 0.15) is 19.2 Å². The molecule has 36 heavy (non-hydrogen) atoms. The Bertz CT molecular complexity index is 1060. The van der Waals surface area contributed by atoms with E-state index in [0.717, 1.165) is 0 Å². The molecule has 2 aromatic rings. The highest BCUT2D eigenvalue weighted by atomic mass is 31.2. The van der Waals surface area contributed by atoms with E-state index in [9.17, 15) is 4.79 Å². The number of anilines is 1. The smallest absolute Gasteiger partial charge is 0.259 e. The summed E-state index contributed by atoms with van der Waals surface area (Å²) in [5.41, 5.74) is 1.04. The quantitative estimate of drug-likeness (QED) is 0.282. The fourth-order valence-corrected chi connectivity index (χ4v) is 5.58. The van der Waals surface area contributed by atoms with Gasteiger partial charge in [-0.1, -0.05) is 0 Å². The third-order valence-corrected chi connectivity index (χ3v) is 7.65. The van der Waals surface area contributed by atoms with E-state index in [1.165, 1.54) is 25.3 Å². The van der Waals surface area contributed by atoms with Gasteiger partial charge in [-0.3, -0.25) is 14.3 Å². The summed E-state index contributed by atoms with van der Waals surface area (Å²) in [6.45, 7) is 17.4. The summed E-state index contributed by atoms with van der Waals surface area (Å²) in [6, 6.07) is 0.347. The van der Waals surface area contributed by atoms with E-state index in [1.54, 1.807) is 17.9 Å². The maximum absolute atomic E-state index is 11.9. The van der Waals surface area contributed by atoms with Crippen LogP contribution in [-0.4, -0.2) is 88.2 Å². The SMILES string of the molecule is [2H]C[C@H]1O[C@@H](n2cnc3c(N(C)C(C)=O)ncnc32)CC1OP(OCC[N+]#[C-])N(C(C)C)C(C)C.[3H]OC. The molecule has 0 bridgehead atoms. The van der Waals surface area contributed by atoms with Crippen molar-refractivity contribution in [1.82, 2.24) is 24.2 Å². The number of imidazole rings is 1. The van der Waals surface area contributed by atoms with Gasteiger partial charge in [-0.05, 0) is 34.6 Å². The Labute approximate surface area is 217 Å². The van der Waals surface area contributed by atoms with Crippen LogP contribution in [0.3, 0.4) is 0 Å². The molecule has 0 aromatic carbocycles. The zero-order valence-corrected chi connectivity index (χ0v) is 22.9. The van der Waals surface area contributed by atoms with Gasteiger partial charge in [0.25, 0.3) is 8.53 Å². The number of hydrogen-bond acceptors (Lipinski definition) is 9. The summed E-state index contributed by atoms with van der Waals surface area (Å²) in [5, 5.41) is 3.50. The topological polar surface area (TPSA) is 119 Å². The minimum absolute atomic E-state index is 0.0235. The van der Waals surface area contributed by atoms with Crippen molar-refractivity contribution >= 4 is 31.4 Å². The Hall–Kier alpha value is -2.26. The van der Waals surface area contributed by atoms with Crippen molar-refractivity contribution < 1.29 is 25.1 Å². The van der Waals surface area contributed by atoms with Gasteiger partial charge in [-0.2, -0.15) is 0 Å². The highest BCUT2D eigenvalue weighted by molar-refractivity contribution is 7.44. The van der Waals surface area contributed by atoms with E-state index in [4.69, 9.17) is 23.2 Å². The van der Waals surface area contributed by atoms with Crippen LogP contribution in [0.2, 0.25) is 0 Å². The van der Waals surface area contributed by atoms with E-state index in [0.29, 0.717) is 23.4 Å². The van der Waals surface area contributed by atoms with Crippen molar-refractivity contribution in [2.75, 3.05) is 32.2 Å². The molecule has 13 heteroatoms. The summed E-state index contributed by atoms with van der Waals surface area (Å²) in [4.78, 5) is 29.7. The predicted molar refractivity (Wildman–Crippen MR) is 138 cm³/mol. The Kier molecular flexibility index (Phi) is 10.3. The number of nitrogens with zero attached hydrogens (tertiary/aromatic N) is 7. The lowest BCUT2D eigenvalue weighted by molar-refractivity contribution is -0.116. The van der Waals surface area contributed by atoms with Crippen LogP contribution >= 0.6 is 8.53 Å². The van der Waals surface area contributed by atoms with Gasteiger partial charge in [0.05, 0.1) is 18.5 Å². The Morgan fingerprint density at radius 2 is 2.14 bits per heavy atom. The molecule has 0 aliphatic carbocycles. The van der Waals surface area contributed by atoms with Crippen LogP contribution in [0, 0.1) is 6.57 Å². The fraction of sp³-hybridized carbons (Fsp3) is 0.696. The third-order valence-electron chi connectivity index (χ3n) is 5.50. The Morgan fingerprint density at radius 3 is 2.72 bits per heavy atom. The third kappa shape index (κ3) is 6.94. The molecule has 1 saturated heterocycles. The molecule has 0 radical (unpaired) electrons. The minimum atomic E-state index is -1.46. The van der Waals surface area contributed by atoms with Gasteiger partial charge in [0.15, 0.2) is 17.0 Å². The molecule has 12 nitrogen and oxygen atoms in total. The van der Waals surface area contributed by atoms with Crippen LogP contribution in [0.15, 0.2) is 12.7 Å². The average Bonchev–Trinajstić information content (AvgIpc) is 3.47. The number of carbonyl (C=O) groups excluding carboxylic acids is 1. The van der Waals surface area contributed by atoms with Gasteiger partial charge in [-0.15, -0.1) is 0 Å². The van der Waals surface area contributed by atoms with Crippen molar-refractivity contribution in [3.63, 3.8) is 0 Å². The monoisotopic (exact) mass is 526 g/mol. The first-order chi connectivity index (χ1) is 18.1. The summed E-state index contributed by atoms with van der Waals surface area (Å²) < 4.78 is 36.5. The second kappa shape index (κ2) is 13.9. The molecule has 1 aliphatic rings. The predicted octanol–water partition coefficient (Wildman–Crippen LogP) is 3.39. The molecule has 200 valence electrons. The van der Waals surface area contributed by atoms with Gasteiger partial charge >= 0.3 is 0 Å². The molecule has 1 N–H and O–H groups in total. The second-order valence-corrected chi connectivity index (χ2v) is 10.0. The summed E-state index contributed by atoms with van der Waals surface area (Å²) in [6.07, 6.45) is 2.20. The normalized spacial score (nSPS) is 21.2. The van der Waals surface area contributed by atoms with E-state index in [-0.39, 0.29) is 44.1 Å². The molecule has 1 aliphatic heterocycles. The van der Waals surface area contributed by atoms with E-state index >= 15 is 0 Å². The summed E-state index contributed by atoms with van der Waals surface area (Å²) in [7, 11) is 1.47. The highest BCUT2D eigenvalue weighted by Gasteiger charge is 2.39. The molecule has 2 unspecified atom stereocenters. The minimum Gasteiger partial charge on any atom is -0.400 e. The van der Waals surface area contributed by atoms with E-state index in [1.807, 2.05) is 0 Å². The lowest BCUT2D eigenvalue weighted by Gasteiger charge is -2.36. The van der Waals surface area contributed by atoms with Gasteiger partial charge < -0.3 is 23.7 Å². The Balaban J connectivity index is 0.00000161. The van der Waals surface area contributed by atoms with Crippen molar-refractivity contribution in [3.8, 4) is 0 Å². The van der Waals surface area contributed by atoms with Crippen LogP contribution in [0.5, 0.6) is 0 Å². The van der Waals surface area contributed by atoms with Crippen LogP contribution in [0.4, 0.5) is 5.82 Å². The molecule has 2 aromatic heterocycles. The van der Waals surface area contributed by atoms with Crippen molar-refractivity contribution in [1.29, 1.82) is 1.43 Å². The van der Waals surface area contributed by atoms with Crippen molar-refractivity contribution in [2.45, 2.75) is 78.5 Å². The fourth-order valence-electron chi connectivity index (χ4n) is 3.84. The maximum atomic E-state index is 11.9. The molecule has 0 saturated carbocycles. The number of aromatic nitrogens is 4. The summed E-state index contributed by atoms with van der Waals surface area (Å²) in [5.74, 6) is 0.260. The van der Waals surface area contributed by atoms with E-state index in [2.05, 4.69) is 57.3 Å². The first-order valence-corrected chi connectivity index (χ1v) is 12.8. The molecular weight excluding hydrogens is 485 g/mol. The van der Waals surface area contributed by atoms with Crippen molar-refractivity contribution in [3.05, 3.63) is 24.1 Å². The molecule has 3 rings (SSSR count). The van der Waals surface area contributed by atoms with Gasteiger partial charge in [-0.25, -0.2) is 26.2 Å². The molecule has 1 fully saturated rings. The Morgan fingerprint density at radius 1 is 1.44 bits per heavy atom. The first kappa shape index (κ1) is 26.8. The van der Waals surface area contributed by atoms with Crippen molar-refractivity contribution in [2.24, 2.45) is 0 Å². The second-order valence-electron chi connectivity index (χ2n) is 8.63. The zero-order valence-electron chi connectivity index (χ0n) is 24.0. The molecule has 1 amide bonds. The molecule has 4 atom stereocenters. The number of hydrogen-bond donors (Lipinski definition) is 1. The maximum Gasteiger partial charge on any atom is 0.259 e. The molecule has 0 spiro atoms. The van der Waals surface area contributed by atoms with Crippen LogP contribution in [-0.2, 0) is 18.6 Å². The number of aliphatic hydroxyl groups is 1. The van der Waals surface area contributed by atoms with E-state index < -0.39 is 20.9 Å². The highest BCUT2D eigenvalue weighted by Crippen LogP contribution is 2.50. The lowest BCUT2D eigenvalue weighted by atomic mass is 10.2. The zero-order chi connectivity index (χ0) is 28.4. The number of fused-ring (bicyclic) bond motifs is 1. The van der Waals surface area contributed by atoms with Crippen LogP contribution < -0.4 is 4.90 Å². The largest absolute Gasteiger partial charge is 0.400 e. The number of aliphatic hydroxyl groups excluding tert-OH is 1. The number of carbonyl (C=O) groups is 1. The number of ether oxygens (including phenoxy) is 1. The molecular formula is C23H38N7O5P. The number of rotatable bonds is 10.